The van der Waals surface area contributed by atoms with Crippen molar-refractivity contribution in [1.82, 2.24) is 15.0 Å². The van der Waals surface area contributed by atoms with Crippen LogP contribution in [0.15, 0.2) is 47.7 Å². The first-order valence-corrected chi connectivity index (χ1v) is 17.5. The SMILES string of the molecule is COc1ccc2c(c1)[C@@]1(O[C@H](CCn3cc(CCO)nn3)[C@@H]([Si](C)(C)F)[C@@H]1C)C(=O)N2C/C=C(\C)CCC=C(C)C. The van der Waals surface area contributed by atoms with Gasteiger partial charge in [0, 0.05) is 49.3 Å². The Bertz CT molecular complexity index is 1300. The van der Waals surface area contributed by atoms with Crippen LogP contribution in [-0.4, -0.2) is 60.8 Å². The summed E-state index contributed by atoms with van der Waals surface area (Å²) in [4.78, 5) is 16.2. The number of hydrogen-bond acceptors (Lipinski definition) is 6. The van der Waals surface area contributed by atoms with Gasteiger partial charge in [0.2, 0.25) is 8.41 Å². The van der Waals surface area contributed by atoms with E-state index in [4.69, 9.17) is 9.47 Å². The maximum atomic E-state index is 16.1. The van der Waals surface area contributed by atoms with Crippen LogP contribution in [0.25, 0.3) is 0 Å². The van der Waals surface area contributed by atoms with Gasteiger partial charge < -0.3 is 23.6 Å². The molecule has 3 heterocycles. The topological polar surface area (TPSA) is 89.7 Å². The molecule has 0 aliphatic carbocycles. The highest BCUT2D eigenvalue weighted by molar-refractivity contribution is 6.72. The first-order valence-electron chi connectivity index (χ1n) is 14.6. The minimum absolute atomic E-state index is 0.000165. The van der Waals surface area contributed by atoms with E-state index in [1.54, 1.807) is 36.0 Å². The molecule has 0 saturated carbocycles. The highest BCUT2D eigenvalue weighted by atomic mass is 28.4. The number of carbonyl (C=O) groups excluding carboxylic acids is 1. The smallest absolute Gasteiger partial charge is 0.264 e. The number of aryl methyl sites for hydroxylation is 1. The van der Waals surface area contributed by atoms with Crippen molar-refractivity contribution in [3.8, 4) is 5.75 Å². The third-order valence-corrected chi connectivity index (χ3v) is 10.9. The number of aliphatic hydroxyl groups excluding tert-OH is 1. The lowest BCUT2D eigenvalue weighted by molar-refractivity contribution is -0.145. The van der Waals surface area contributed by atoms with Crippen LogP contribution in [0.4, 0.5) is 9.80 Å². The maximum absolute atomic E-state index is 16.1. The molecule has 0 unspecified atom stereocenters. The van der Waals surface area contributed by atoms with Gasteiger partial charge in [0.25, 0.3) is 5.91 Å². The molecule has 1 N–H and O–H groups in total. The van der Waals surface area contributed by atoms with Crippen LogP contribution in [0.2, 0.25) is 18.6 Å². The molecular formula is C31H45FN4O4Si. The van der Waals surface area contributed by atoms with Gasteiger partial charge in [-0.3, -0.25) is 9.48 Å². The molecule has 1 amide bonds. The Morgan fingerprint density at radius 3 is 2.68 bits per heavy atom. The van der Waals surface area contributed by atoms with Gasteiger partial charge in [0.15, 0.2) is 5.60 Å². The summed E-state index contributed by atoms with van der Waals surface area (Å²) >= 11 is 0. The molecule has 2 aromatic rings. The van der Waals surface area contributed by atoms with Crippen LogP contribution in [0.1, 0.15) is 58.2 Å². The number of carbonyl (C=O) groups is 1. The zero-order chi connectivity index (χ0) is 29.9. The fourth-order valence-electron chi connectivity index (χ4n) is 6.48. The molecule has 1 saturated heterocycles. The van der Waals surface area contributed by atoms with Crippen molar-refractivity contribution < 1.29 is 23.5 Å². The van der Waals surface area contributed by atoms with Crippen molar-refractivity contribution in [2.75, 3.05) is 25.2 Å². The molecule has 1 spiro atoms. The van der Waals surface area contributed by atoms with E-state index in [0.29, 0.717) is 37.4 Å². The number of allylic oxidation sites excluding steroid dienone is 3. The molecule has 2 aliphatic rings. The third kappa shape index (κ3) is 6.34. The first kappa shape index (κ1) is 31.1. The van der Waals surface area contributed by atoms with Crippen molar-refractivity contribution >= 4 is 20.0 Å². The molecule has 1 aromatic carbocycles. The second-order valence-electron chi connectivity index (χ2n) is 12.2. The summed E-state index contributed by atoms with van der Waals surface area (Å²) in [7, 11) is -1.66. The zero-order valence-corrected chi connectivity index (χ0v) is 26.5. The fourth-order valence-corrected chi connectivity index (χ4v) is 9.02. The second kappa shape index (κ2) is 12.6. The molecule has 41 heavy (non-hydrogen) atoms. The zero-order valence-electron chi connectivity index (χ0n) is 25.5. The van der Waals surface area contributed by atoms with Gasteiger partial charge in [0.1, 0.15) is 5.75 Å². The molecule has 8 nitrogen and oxygen atoms in total. The second-order valence-corrected chi connectivity index (χ2v) is 16.0. The number of hydrogen-bond donors (Lipinski definition) is 1. The number of anilines is 1. The van der Waals surface area contributed by atoms with E-state index in [1.807, 2.05) is 25.1 Å². The standard InChI is InChI=1S/C31H45FN4O4Si/c1-21(2)9-8-10-22(3)13-17-36-27-12-11-25(39-5)19-26(27)31(30(36)38)23(4)29(41(6,7)32)28(40-31)14-16-35-20-24(15-18-37)33-34-35/h9,11-13,19-20,23,28-29,37H,8,10,14-18H2,1-7H3/b22-13+/t23-,28+,29-,31+/m0/s1. The van der Waals surface area contributed by atoms with Crippen molar-refractivity contribution in [2.45, 2.75) is 90.3 Å². The maximum Gasteiger partial charge on any atom is 0.264 e. The highest BCUT2D eigenvalue weighted by Crippen LogP contribution is 2.60. The molecule has 4 atom stereocenters. The summed E-state index contributed by atoms with van der Waals surface area (Å²) in [6, 6.07) is 5.67. The number of nitrogens with zero attached hydrogens (tertiary/aromatic N) is 4. The summed E-state index contributed by atoms with van der Waals surface area (Å²) in [6.07, 6.45) is 8.48. The number of rotatable bonds is 12. The number of ether oxygens (including phenoxy) is 2. The van der Waals surface area contributed by atoms with Crippen molar-refractivity contribution in [3.63, 3.8) is 0 Å². The number of amides is 1. The monoisotopic (exact) mass is 584 g/mol. The number of fused-ring (bicyclic) bond motifs is 2. The Labute approximate surface area is 244 Å². The quantitative estimate of drug-likeness (QED) is 0.195. The molecule has 0 radical (unpaired) electrons. The summed E-state index contributed by atoms with van der Waals surface area (Å²) in [5.41, 5.74) is 3.07. The lowest BCUT2D eigenvalue weighted by atomic mass is 9.82. The van der Waals surface area contributed by atoms with E-state index >= 15 is 4.11 Å². The van der Waals surface area contributed by atoms with Gasteiger partial charge >= 0.3 is 0 Å². The van der Waals surface area contributed by atoms with E-state index in [0.717, 1.165) is 24.1 Å². The normalized spacial score (nSPS) is 24.3. The Balaban J connectivity index is 1.66. The molecule has 2 aliphatic heterocycles. The van der Waals surface area contributed by atoms with Crippen molar-refractivity contribution in [1.29, 1.82) is 0 Å². The molecular weight excluding hydrogens is 539 g/mol. The Morgan fingerprint density at radius 1 is 1.27 bits per heavy atom. The average Bonchev–Trinajstić information content (AvgIpc) is 3.55. The minimum Gasteiger partial charge on any atom is -0.497 e. The predicted octanol–water partition coefficient (Wildman–Crippen LogP) is 5.73. The molecule has 1 fully saturated rings. The van der Waals surface area contributed by atoms with Crippen LogP contribution in [-0.2, 0) is 28.1 Å². The van der Waals surface area contributed by atoms with E-state index in [2.05, 4.69) is 43.2 Å². The minimum atomic E-state index is -3.27. The molecule has 1 aromatic heterocycles. The third-order valence-electron chi connectivity index (χ3n) is 8.48. The van der Waals surface area contributed by atoms with Crippen LogP contribution < -0.4 is 9.64 Å². The largest absolute Gasteiger partial charge is 0.497 e. The molecule has 0 bridgehead atoms. The number of benzene rings is 1. The Morgan fingerprint density at radius 2 is 2.02 bits per heavy atom. The van der Waals surface area contributed by atoms with Gasteiger partial charge in [0.05, 0.1) is 24.6 Å². The first-order chi connectivity index (χ1) is 19.4. The predicted molar refractivity (Wildman–Crippen MR) is 161 cm³/mol. The highest BCUT2D eigenvalue weighted by Gasteiger charge is 2.66. The number of methoxy groups -OCH3 is 1. The summed E-state index contributed by atoms with van der Waals surface area (Å²) in [5.74, 6) is 0.127. The van der Waals surface area contributed by atoms with E-state index in [-0.39, 0.29) is 18.4 Å². The van der Waals surface area contributed by atoms with E-state index < -0.39 is 25.7 Å². The van der Waals surface area contributed by atoms with Gasteiger partial charge in [-0.15, -0.1) is 5.10 Å². The fraction of sp³-hybridized carbons (Fsp3) is 0.581. The van der Waals surface area contributed by atoms with Gasteiger partial charge in [-0.05, 0) is 71.3 Å². The van der Waals surface area contributed by atoms with Crippen molar-refractivity contribution in [2.24, 2.45) is 5.92 Å². The van der Waals surface area contributed by atoms with Crippen LogP contribution >= 0.6 is 0 Å². The summed E-state index contributed by atoms with van der Waals surface area (Å²) in [5, 5.41) is 17.5. The summed E-state index contributed by atoms with van der Waals surface area (Å²) < 4.78 is 30.1. The molecule has 224 valence electrons. The van der Waals surface area contributed by atoms with Gasteiger partial charge in [-0.1, -0.05) is 35.4 Å². The van der Waals surface area contributed by atoms with E-state index in [1.165, 1.54) is 11.1 Å². The number of halogens is 1. The van der Waals surface area contributed by atoms with Gasteiger partial charge in [-0.25, -0.2) is 0 Å². The van der Waals surface area contributed by atoms with Gasteiger partial charge in [-0.2, -0.15) is 0 Å². The Hall–Kier alpha value is -2.82. The molecule has 4 rings (SSSR count). The lowest BCUT2D eigenvalue weighted by Crippen LogP contribution is -2.45. The number of aromatic nitrogens is 3. The molecule has 10 heteroatoms. The summed E-state index contributed by atoms with van der Waals surface area (Å²) in [6.45, 7) is 12.6. The Kier molecular flexibility index (Phi) is 9.55. The number of aliphatic hydroxyl groups is 1. The van der Waals surface area contributed by atoms with Crippen LogP contribution in [0.3, 0.4) is 0 Å². The lowest BCUT2D eigenvalue weighted by Gasteiger charge is -2.31. The average molecular weight is 585 g/mol. The van der Waals surface area contributed by atoms with Crippen LogP contribution in [0, 0.1) is 5.92 Å². The van der Waals surface area contributed by atoms with Crippen molar-refractivity contribution in [3.05, 3.63) is 59.0 Å². The van der Waals surface area contributed by atoms with Crippen LogP contribution in [0.5, 0.6) is 5.75 Å². The van der Waals surface area contributed by atoms with E-state index in [9.17, 15) is 9.90 Å².